The van der Waals surface area contributed by atoms with Gasteiger partial charge in [-0.2, -0.15) is 11.8 Å². The highest BCUT2D eigenvalue weighted by molar-refractivity contribution is 14.1. The maximum Gasteiger partial charge on any atom is 0.113 e. The van der Waals surface area contributed by atoms with Gasteiger partial charge in [-0.05, 0) is 65.1 Å². The molecule has 84 valence electrons. The molecule has 3 nitrogen and oxygen atoms in total. The highest BCUT2D eigenvalue weighted by atomic mass is 127. The number of hydrogen-bond donors (Lipinski definition) is 0. The number of hydrogen-bond acceptors (Lipinski definition) is 3. The lowest BCUT2D eigenvalue weighted by atomic mass is 10.1. The van der Waals surface area contributed by atoms with Crippen molar-refractivity contribution in [3.63, 3.8) is 0 Å². The van der Waals surface area contributed by atoms with Crippen molar-refractivity contribution in [2.75, 3.05) is 11.5 Å². The summed E-state index contributed by atoms with van der Waals surface area (Å²) < 4.78 is 3.37. The monoisotopic (exact) mass is 345 g/mol. The maximum absolute atomic E-state index is 4.31. The third kappa shape index (κ3) is 1.95. The summed E-state index contributed by atoms with van der Waals surface area (Å²) in [5.41, 5.74) is 2.20. The van der Waals surface area contributed by atoms with Crippen LogP contribution in [0.15, 0.2) is 18.2 Å². The molecule has 1 saturated heterocycles. The maximum atomic E-state index is 4.31. The largest absolute Gasteiger partial charge is 0.242 e. The van der Waals surface area contributed by atoms with Crippen molar-refractivity contribution in [3.8, 4) is 0 Å². The highest BCUT2D eigenvalue weighted by Crippen LogP contribution is 2.29. The molecule has 0 saturated carbocycles. The summed E-state index contributed by atoms with van der Waals surface area (Å²) in [5, 5.41) is 8.55. The van der Waals surface area contributed by atoms with E-state index < -0.39 is 0 Å². The first-order chi connectivity index (χ1) is 7.84. The third-order valence-electron chi connectivity index (χ3n) is 2.97. The van der Waals surface area contributed by atoms with Gasteiger partial charge in [0.05, 0.1) is 11.6 Å². The first kappa shape index (κ1) is 10.8. The predicted octanol–water partition coefficient (Wildman–Crippen LogP) is 3.10. The second kappa shape index (κ2) is 4.52. The van der Waals surface area contributed by atoms with Crippen LogP contribution in [-0.4, -0.2) is 26.5 Å². The van der Waals surface area contributed by atoms with Crippen LogP contribution in [0.25, 0.3) is 11.0 Å². The van der Waals surface area contributed by atoms with Gasteiger partial charge in [0.1, 0.15) is 5.52 Å². The van der Waals surface area contributed by atoms with Crippen molar-refractivity contribution in [1.29, 1.82) is 0 Å². The van der Waals surface area contributed by atoms with Gasteiger partial charge in [0.25, 0.3) is 0 Å². The van der Waals surface area contributed by atoms with E-state index in [4.69, 9.17) is 0 Å². The summed E-state index contributed by atoms with van der Waals surface area (Å²) in [4.78, 5) is 0. The fourth-order valence-electron chi connectivity index (χ4n) is 2.11. The average molecular weight is 345 g/mol. The Hall–Kier alpha value is -0.300. The van der Waals surface area contributed by atoms with E-state index in [1.54, 1.807) is 0 Å². The molecule has 0 bridgehead atoms. The molecule has 1 aromatic heterocycles. The molecule has 0 amide bonds. The summed E-state index contributed by atoms with van der Waals surface area (Å²) in [6, 6.07) is 6.86. The highest BCUT2D eigenvalue weighted by Gasteiger charge is 2.18. The number of halogens is 1. The molecule has 0 N–H and O–H groups in total. The van der Waals surface area contributed by atoms with E-state index in [1.807, 2.05) is 11.8 Å². The van der Waals surface area contributed by atoms with Crippen molar-refractivity contribution in [1.82, 2.24) is 15.0 Å². The molecule has 1 aliphatic rings. The zero-order chi connectivity index (χ0) is 11.0. The minimum absolute atomic E-state index is 0.546. The molecule has 2 heterocycles. The molecule has 1 fully saturated rings. The fourth-order valence-corrected chi connectivity index (χ4v) is 3.66. The van der Waals surface area contributed by atoms with Gasteiger partial charge in [-0.1, -0.05) is 5.21 Å². The van der Waals surface area contributed by atoms with E-state index in [-0.39, 0.29) is 0 Å². The molecule has 0 atom stereocenters. The van der Waals surface area contributed by atoms with E-state index in [0.29, 0.717) is 6.04 Å². The minimum Gasteiger partial charge on any atom is -0.242 e. The predicted molar refractivity (Wildman–Crippen MR) is 75.8 cm³/mol. The van der Waals surface area contributed by atoms with Crippen LogP contribution in [0.4, 0.5) is 0 Å². The van der Waals surface area contributed by atoms with Crippen LogP contribution in [0.2, 0.25) is 0 Å². The molecule has 0 spiro atoms. The summed E-state index contributed by atoms with van der Waals surface area (Å²) in [7, 11) is 0. The summed E-state index contributed by atoms with van der Waals surface area (Å²) >= 11 is 4.38. The molecular weight excluding hydrogens is 333 g/mol. The summed E-state index contributed by atoms with van der Waals surface area (Å²) in [6.07, 6.45) is 2.43. The van der Waals surface area contributed by atoms with E-state index in [9.17, 15) is 0 Å². The van der Waals surface area contributed by atoms with Gasteiger partial charge in [-0.3, -0.25) is 0 Å². The van der Waals surface area contributed by atoms with Gasteiger partial charge >= 0.3 is 0 Å². The lowest BCUT2D eigenvalue weighted by Crippen LogP contribution is -2.16. The van der Waals surface area contributed by atoms with Crippen LogP contribution in [0.1, 0.15) is 18.9 Å². The van der Waals surface area contributed by atoms with Crippen LogP contribution >= 0.6 is 34.4 Å². The molecule has 0 aliphatic carbocycles. The first-order valence-corrected chi connectivity index (χ1v) is 7.66. The van der Waals surface area contributed by atoms with Crippen molar-refractivity contribution in [3.05, 3.63) is 21.8 Å². The quantitative estimate of drug-likeness (QED) is 0.744. The Morgan fingerprint density at radius 1 is 1.31 bits per heavy atom. The number of thioether (sulfide) groups is 1. The Balaban J connectivity index is 2.05. The molecule has 0 radical (unpaired) electrons. The topological polar surface area (TPSA) is 30.7 Å². The molecule has 3 rings (SSSR count). The fraction of sp³-hybridized carbons (Fsp3) is 0.455. The summed E-state index contributed by atoms with van der Waals surface area (Å²) in [6.45, 7) is 0. The summed E-state index contributed by atoms with van der Waals surface area (Å²) in [5.74, 6) is 2.49. The Morgan fingerprint density at radius 3 is 2.94 bits per heavy atom. The lowest BCUT2D eigenvalue weighted by Gasteiger charge is -2.21. The van der Waals surface area contributed by atoms with Gasteiger partial charge in [0.2, 0.25) is 0 Å². The van der Waals surface area contributed by atoms with Crippen LogP contribution in [0, 0.1) is 3.57 Å². The SMILES string of the molecule is Ic1ccc2nnn(C3CCSCC3)c2c1. The number of fused-ring (bicyclic) bond motifs is 1. The van der Waals surface area contributed by atoms with Gasteiger partial charge in [-0.25, -0.2) is 4.68 Å². The van der Waals surface area contributed by atoms with Crippen molar-refractivity contribution in [2.45, 2.75) is 18.9 Å². The molecule has 0 unspecified atom stereocenters. The van der Waals surface area contributed by atoms with Gasteiger partial charge in [0.15, 0.2) is 0 Å². The van der Waals surface area contributed by atoms with Gasteiger partial charge in [-0.15, -0.1) is 5.10 Å². The average Bonchev–Trinajstić information content (AvgIpc) is 2.73. The van der Waals surface area contributed by atoms with Crippen molar-refractivity contribution < 1.29 is 0 Å². The second-order valence-electron chi connectivity index (χ2n) is 4.01. The minimum atomic E-state index is 0.546. The number of rotatable bonds is 1. The molecule has 16 heavy (non-hydrogen) atoms. The Bertz CT molecular complexity index is 505. The van der Waals surface area contributed by atoms with E-state index >= 15 is 0 Å². The van der Waals surface area contributed by atoms with Crippen LogP contribution in [0.3, 0.4) is 0 Å². The third-order valence-corrected chi connectivity index (χ3v) is 4.69. The molecular formula is C11H12IN3S. The normalized spacial score (nSPS) is 18.1. The van der Waals surface area contributed by atoms with E-state index in [0.717, 1.165) is 5.52 Å². The zero-order valence-corrected chi connectivity index (χ0v) is 11.7. The molecule has 5 heteroatoms. The Labute approximate surface area is 112 Å². The number of benzene rings is 1. The van der Waals surface area contributed by atoms with Gasteiger partial charge < -0.3 is 0 Å². The van der Waals surface area contributed by atoms with Crippen molar-refractivity contribution in [2.24, 2.45) is 0 Å². The number of aromatic nitrogens is 3. The van der Waals surface area contributed by atoms with E-state index in [1.165, 1.54) is 33.4 Å². The van der Waals surface area contributed by atoms with Crippen molar-refractivity contribution >= 4 is 45.4 Å². The smallest absolute Gasteiger partial charge is 0.113 e. The standard InChI is InChI=1S/C11H12IN3S/c12-8-1-2-10-11(7-8)15(14-13-10)9-3-5-16-6-4-9/h1-2,7,9H,3-6H2. The molecule has 2 aromatic rings. The van der Waals surface area contributed by atoms with Crippen LogP contribution < -0.4 is 0 Å². The van der Waals surface area contributed by atoms with E-state index in [2.05, 4.69) is 55.8 Å². The lowest BCUT2D eigenvalue weighted by molar-refractivity contribution is 0.428. The molecule has 1 aromatic carbocycles. The number of nitrogens with zero attached hydrogens (tertiary/aromatic N) is 3. The Morgan fingerprint density at radius 2 is 2.12 bits per heavy atom. The Kier molecular flexibility index (Phi) is 3.06. The van der Waals surface area contributed by atoms with Gasteiger partial charge in [0, 0.05) is 3.57 Å². The van der Waals surface area contributed by atoms with Crippen LogP contribution in [0.5, 0.6) is 0 Å². The second-order valence-corrected chi connectivity index (χ2v) is 6.48. The first-order valence-electron chi connectivity index (χ1n) is 5.43. The molecule has 1 aliphatic heterocycles. The van der Waals surface area contributed by atoms with Crippen LogP contribution in [-0.2, 0) is 0 Å². The zero-order valence-electron chi connectivity index (χ0n) is 8.77.